The standard InChI is InChI=1S/C17H12N2OS/c1-10-16(11(2)20)21-17(19-10)13-7-12-5-3-4-6-15(12)14(8-13)9-18/h3-8H,1-2H3. The minimum absolute atomic E-state index is 0.0255. The largest absolute Gasteiger partial charge is 0.294 e. The number of ketones is 1. The quantitative estimate of drug-likeness (QED) is 0.660. The van der Waals surface area contributed by atoms with Crippen molar-refractivity contribution < 1.29 is 4.79 Å². The van der Waals surface area contributed by atoms with Crippen LogP contribution in [0.2, 0.25) is 0 Å². The molecule has 0 N–H and O–H groups in total. The molecule has 0 aliphatic heterocycles. The zero-order valence-corrected chi connectivity index (χ0v) is 12.5. The van der Waals surface area contributed by atoms with Gasteiger partial charge in [-0.2, -0.15) is 5.26 Å². The van der Waals surface area contributed by atoms with Gasteiger partial charge in [0.05, 0.1) is 22.2 Å². The highest BCUT2D eigenvalue weighted by Crippen LogP contribution is 2.32. The number of aromatic nitrogens is 1. The van der Waals surface area contributed by atoms with E-state index >= 15 is 0 Å². The van der Waals surface area contributed by atoms with Crippen LogP contribution in [0.5, 0.6) is 0 Å². The number of carbonyl (C=O) groups excluding carboxylic acids is 1. The maximum Gasteiger partial charge on any atom is 0.171 e. The number of hydrogen-bond donors (Lipinski definition) is 0. The molecule has 0 saturated carbocycles. The lowest BCUT2D eigenvalue weighted by atomic mass is 10.0. The second-order valence-electron chi connectivity index (χ2n) is 4.85. The summed E-state index contributed by atoms with van der Waals surface area (Å²) in [5.41, 5.74) is 2.25. The van der Waals surface area contributed by atoms with Crippen molar-refractivity contribution in [3.05, 3.63) is 52.5 Å². The van der Waals surface area contributed by atoms with Crippen molar-refractivity contribution in [1.29, 1.82) is 5.26 Å². The van der Waals surface area contributed by atoms with Crippen LogP contribution < -0.4 is 0 Å². The van der Waals surface area contributed by atoms with Crippen molar-refractivity contribution in [2.24, 2.45) is 0 Å². The summed E-state index contributed by atoms with van der Waals surface area (Å²) < 4.78 is 0. The van der Waals surface area contributed by atoms with E-state index in [9.17, 15) is 10.1 Å². The van der Waals surface area contributed by atoms with Crippen LogP contribution in [0.1, 0.15) is 27.9 Å². The highest BCUT2D eigenvalue weighted by molar-refractivity contribution is 7.17. The van der Waals surface area contributed by atoms with Crippen molar-refractivity contribution in [2.75, 3.05) is 0 Å². The van der Waals surface area contributed by atoms with E-state index < -0.39 is 0 Å². The molecule has 0 spiro atoms. The van der Waals surface area contributed by atoms with Gasteiger partial charge < -0.3 is 0 Å². The van der Waals surface area contributed by atoms with E-state index in [0.717, 1.165) is 27.0 Å². The molecule has 3 aromatic rings. The smallest absolute Gasteiger partial charge is 0.171 e. The third-order valence-electron chi connectivity index (χ3n) is 3.35. The average molecular weight is 292 g/mol. The Morgan fingerprint density at radius 3 is 2.71 bits per heavy atom. The number of thiazole rings is 1. The molecule has 1 heterocycles. The van der Waals surface area contributed by atoms with E-state index in [1.54, 1.807) is 6.92 Å². The van der Waals surface area contributed by atoms with Crippen LogP contribution in [0.25, 0.3) is 21.3 Å². The molecule has 0 amide bonds. The molecular formula is C17H12N2OS. The number of rotatable bonds is 2. The zero-order valence-electron chi connectivity index (χ0n) is 11.7. The first-order valence-corrected chi connectivity index (χ1v) is 7.33. The van der Waals surface area contributed by atoms with Crippen LogP contribution in [0, 0.1) is 18.3 Å². The van der Waals surface area contributed by atoms with Gasteiger partial charge in [0.1, 0.15) is 5.01 Å². The Balaban J connectivity index is 2.24. The first-order chi connectivity index (χ1) is 10.1. The van der Waals surface area contributed by atoms with Gasteiger partial charge >= 0.3 is 0 Å². The van der Waals surface area contributed by atoms with Gasteiger partial charge in [-0.05, 0) is 29.8 Å². The Morgan fingerprint density at radius 2 is 2.05 bits per heavy atom. The van der Waals surface area contributed by atoms with Gasteiger partial charge in [0.2, 0.25) is 0 Å². The molecule has 21 heavy (non-hydrogen) atoms. The number of benzene rings is 2. The van der Waals surface area contributed by atoms with Crippen molar-refractivity contribution in [3.8, 4) is 16.6 Å². The van der Waals surface area contributed by atoms with Crippen LogP contribution >= 0.6 is 11.3 Å². The number of nitriles is 1. The normalized spacial score (nSPS) is 10.5. The van der Waals surface area contributed by atoms with Crippen LogP contribution in [-0.2, 0) is 0 Å². The average Bonchev–Trinajstić information content (AvgIpc) is 2.88. The number of hydrogen-bond acceptors (Lipinski definition) is 4. The molecule has 3 nitrogen and oxygen atoms in total. The summed E-state index contributed by atoms with van der Waals surface area (Å²) in [6.07, 6.45) is 0. The van der Waals surface area contributed by atoms with Crippen molar-refractivity contribution in [1.82, 2.24) is 4.98 Å². The van der Waals surface area contributed by atoms with E-state index in [1.165, 1.54) is 11.3 Å². The van der Waals surface area contributed by atoms with Gasteiger partial charge in [-0.3, -0.25) is 4.79 Å². The van der Waals surface area contributed by atoms with Crippen LogP contribution in [-0.4, -0.2) is 10.8 Å². The van der Waals surface area contributed by atoms with E-state index in [2.05, 4.69) is 11.1 Å². The lowest BCUT2D eigenvalue weighted by molar-refractivity contribution is 0.102. The molecule has 2 aromatic carbocycles. The van der Waals surface area contributed by atoms with Crippen molar-refractivity contribution in [2.45, 2.75) is 13.8 Å². The van der Waals surface area contributed by atoms with Gasteiger partial charge in [0.25, 0.3) is 0 Å². The van der Waals surface area contributed by atoms with Gasteiger partial charge in [-0.1, -0.05) is 24.3 Å². The number of Topliss-reactive ketones (excluding diaryl/α,β-unsaturated/α-hetero) is 1. The minimum Gasteiger partial charge on any atom is -0.294 e. The van der Waals surface area contributed by atoms with E-state index in [4.69, 9.17) is 0 Å². The fourth-order valence-electron chi connectivity index (χ4n) is 2.37. The maximum atomic E-state index is 11.6. The Kier molecular flexibility index (Phi) is 3.28. The Morgan fingerprint density at radius 1 is 1.29 bits per heavy atom. The van der Waals surface area contributed by atoms with Crippen molar-refractivity contribution >= 4 is 27.9 Å². The third kappa shape index (κ3) is 2.32. The molecule has 0 radical (unpaired) electrons. The number of nitrogens with zero attached hydrogens (tertiary/aromatic N) is 2. The molecule has 0 atom stereocenters. The highest BCUT2D eigenvalue weighted by Gasteiger charge is 2.14. The summed E-state index contributed by atoms with van der Waals surface area (Å²) in [6, 6.07) is 13.9. The maximum absolute atomic E-state index is 11.6. The summed E-state index contributed by atoms with van der Waals surface area (Å²) in [5, 5.41) is 12.0. The first kappa shape index (κ1) is 13.5. The molecule has 4 heteroatoms. The Labute approximate surface area is 126 Å². The molecule has 0 unspecified atom stereocenters. The summed E-state index contributed by atoms with van der Waals surface area (Å²) >= 11 is 1.38. The van der Waals surface area contributed by atoms with E-state index in [0.29, 0.717) is 10.4 Å². The molecule has 0 aliphatic rings. The number of fused-ring (bicyclic) bond motifs is 1. The summed E-state index contributed by atoms with van der Waals surface area (Å²) in [5.74, 6) is 0.0255. The van der Waals surface area contributed by atoms with Gasteiger partial charge in [-0.25, -0.2) is 4.98 Å². The Bertz CT molecular complexity index is 903. The number of carbonyl (C=O) groups is 1. The molecule has 3 rings (SSSR count). The summed E-state index contributed by atoms with van der Waals surface area (Å²) in [7, 11) is 0. The molecule has 0 fully saturated rings. The third-order valence-corrected chi connectivity index (χ3v) is 4.65. The molecule has 102 valence electrons. The van der Waals surface area contributed by atoms with E-state index in [-0.39, 0.29) is 5.78 Å². The Hall–Kier alpha value is -2.51. The number of aryl methyl sites for hydroxylation is 1. The van der Waals surface area contributed by atoms with Crippen molar-refractivity contribution in [3.63, 3.8) is 0 Å². The lowest BCUT2D eigenvalue weighted by Gasteiger charge is -2.03. The molecule has 0 aliphatic carbocycles. The second-order valence-corrected chi connectivity index (χ2v) is 5.85. The zero-order chi connectivity index (χ0) is 15.0. The summed E-state index contributed by atoms with van der Waals surface area (Å²) in [4.78, 5) is 16.7. The van der Waals surface area contributed by atoms with Gasteiger partial charge in [-0.15, -0.1) is 11.3 Å². The molecule has 0 saturated heterocycles. The first-order valence-electron chi connectivity index (χ1n) is 6.52. The van der Waals surface area contributed by atoms with E-state index in [1.807, 2.05) is 43.3 Å². The topological polar surface area (TPSA) is 53.8 Å². The second kappa shape index (κ2) is 5.12. The monoisotopic (exact) mass is 292 g/mol. The molecule has 1 aromatic heterocycles. The fourth-order valence-corrected chi connectivity index (χ4v) is 3.32. The lowest BCUT2D eigenvalue weighted by Crippen LogP contribution is -1.89. The SMILES string of the molecule is CC(=O)c1sc(-c2cc(C#N)c3ccccc3c2)nc1C. The van der Waals surface area contributed by atoms with Gasteiger partial charge in [0, 0.05) is 12.5 Å². The predicted molar refractivity (Wildman–Crippen MR) is 84.5 cm³/mol. The van der Waals surface area contributed by atoms with Crippen LogP contribution in [0.15, 0.2) is 36.4 Å². The minimum atomic E-state index is 0.0255. The highest BCUT2D eigenvalue weighted by atomic mass is 32.1. The van der Waals surface area contributed by atoms with Gasteiger partial charge in [0.15, 0.2) is 5.78 Å². The predicted octanol–water partition coefficient (Wildman–Crippen LogP) is 4.35. The fraction of sp³-hybridized carbons (Fsp3) is 0.118. The summed E-state index contributed by atoms with van der Waals surface area (Å²) in [6.45, 7) is 3.38. The molecular weight excluding hydrogens is 280 g/mol. The van der Waals surface area contributed by atoms with Crippen LogP contribution in [0.4, 0.5) is 0 Å². The molecule has 0 bridgehead atoms. The van der Waals surface area contributed by atoms with Crippen LogP contribution in [0.3, 0.4) is 0 Å².